The number of carbonyl (C=O) groups excluding carboxylic acids is 1. The first-order valence-electron chi connectivity index (χ1n) is 4.25. The van der Waals surface area contributed by atoms with Crippen LogP contribution in [0.5, 0.6) is 0 Å². The number of hydrogen-bond donors (Lipinski definition) is 0. The number of nitrogens with zero attached hydrogens (tertiary/aromatic N) is 3. The Kier molecular flexibility index (Phi) is 2.36. The van der Waals surface area contributed by atoms with Gasteiger partial charge in [-0.1, -0.05) is 0 Å². The van der Waals surface area contributed by atoms with E-state index in [9.17, 15) is 4.79 Å². The predicted octanol–water partition coefficient (Wildman–Crippen LogP) is 1.14. The number of aldehydes is 1. The minimum absolute atomic E-state index is 0.592. The van der Waals surface area contributed by atoms with Gasteiger partial charge in [-0.25, -0.2) is 9.97 Å². The molecular formula is C10H9N3O. The van der Waals surface area contributed by atoms with Gasteiger partial charge in [0.05, 0.1) is 6.54 Å². The third-order valence-corrected chi connectivity index (χ3v) is 1.85. The molecule has 2 aromatic rings. The Morgan fingerprint density at radius 2 is 2.14 bits per heavy atom. The molecule has 0 aliphatic heterocycles. The van der Waals surface area contributed by atoms with Crippen molar-refractivity contribution in [2.75, 3.05) is 0 Å². The molecule has 0 saturated heterocycles. The molecule has 0 spiro atoms. The van der Waals surface area contributed by atoms with E-state index >= 15 is 0 Å². The maximum atomic E-state index is 10.4. The topological polar surface area (TPSA) is 47.8 Å². The van der Waals surface area contributed by atoms with E-state index in [1.165, 1.54) is 0 Å². The quantitative estimate of drug-likeness (QED) is 0.677. The van der Waals surface area contributed by atoms with E-state index in [2.05, 4.69) is 9.97 Å². The van der Waals surface area contributed by atoms with E-state index in [1.54, 1.807) is 30.7 Å². The average Bonchev–Trinajstić information content (AvgIpc) is 2.67. The van der Waals surface area contributed by atoms with Crippen LogP contribution in [0.15, 0.2) is 36.9 Å². The van der Waals surface area contributed by atoms with Crippen LogP contribution < -0.4 is 0 Å². The molecule has 4 heteroatoms. The largest absolute Gasteiger partial charge is 0.346 e. The Labute approximate surface area is 81.2 Å². The molecule has 0 fully saturated rings. The van der Waals surface area contributed by atoms with E-state index in [1.807, 2.05) is 10.8 Å². The van der Waals surface area contributed by atoms with E-state index < -0.39 is 0 Å². The summed E-state index contributed by atoms with van der Waals surface area (Å²) in [5, 5.41) is 0. The van der Waals surface area contributed by atoms with Crippen LogP contribution in [0.2, 0.25) is 0 Å². The summed E-state index contributed by atoms with van der Waals surface area (Å²) in [5.74, 6) is 0.737. The first kappa shape index (κ1) is 8.62. The normalized spacial score (nSPS) is 10.0. The molecule has 0 aliphatic rings. The number of hydrogen-bond acceptors (Lipinski definition) is 3. The molecule has 2 heterocycles. The predicted molar refractivity (Wildman–Crippen MR) is 51.0 cm³/mol. The lowest BCUT2D eigenvalue weighted by atomic mass is 10.4. The molecule has 14 heavy (non-hydrogen) atoms. The molecule has 0 N–H and O–H groups in total. The lowest BCUT2D eigenvalue weighted by Gasteiger charge is -1.99. The van der Waals surface area contributed by atoms with E-state index in [-0.39, 0.29) is 0 Å². The molecular weight excluding hydrogens is 178 g/mol. The van der Waals surface area contributed by atoms with Crippen molar-refractivity contribution < 1.29 is 4.79 Å². The van der Waals surface area contributed by atoms with Gasteiger partial charge in [-0.2, -0.15) is 0 Å². The number of rotatable bonds is 3. The van der Waals surface area contributed by atoms with Crippen molar-refractivity contribution in [2.24, 2.45) is 0 Å². The molecule has 0 unspecified atom stereocenters. The fourth-order valence-electron chi connectivity index (χ4n) is 1.20. The smallest absolute Gasteiger partial charge is 0.151 e. The fourth-order valence-corrected chi connectivity index (χ4v) is 1.20. The van der Waals surface area contributed by atoms with Gasteiger partial charge in [-0.3, -0.25) is 4.79 Å². The second-order valence-electron chi connectivity index (χ2n) is 2.90. The number of carbonyl (C=O) groups is 1. The van der Waals surface area contributed by atoms with Gasteiger partial charge in [-0.05, 0) is 12.1 Å². The summed E-state index contributed by atoms with van der Waals surface area (Å²) in [4.78, 5) is 18.6. The average molecular weight is 187 g/mol. The molecule has 4 nitrogen and oxygen atoms in total. The minimum Gasteiger partial charge on any atom is -0.346 e. The zero-order valence-corrected chi connectivity index (χ0v) is 7.50. The molecule has 70 valence electrons. The summed E-state index contributed by atoms with van der Waals surface area (Å²) >= 11 is 0. The van der Waals surface area contributed by atoms with Gasteiger partial charge < -0.3 is 4.57 Å². The van der Waals surface area contributed by atoms with Crippen LogP contribution in [-0.4, -0.2) is 20.8 Å². The van der Waals surface area contributed by atoms with Crippen LogP contribution in [0.25, 0.3) is 0 Å². The van der Waals surface area contributed by atoms with Gasteiger partial charge in [0.15, 0.2) is 6.29 Å². The Morgan fingerprint density at radius 3 is 2.79 bits per heavy atom. The summed E-state index contributed by atoms with van der Waals surface area (Å²) in [6.45, 7) is 0.592. The highest BCUT2D eigenvalue weighted by atomic mass is 16.1. The summed E-state index contributed by atoms with van der Waals surface area (Å²) in [6, 6.07) is 3.53. The van der Waals surface area contributed by atoms with Crippen molar-refractivity contribution >= 4 is 6.29 Å². The Bertz CT molecular complexity index is 422. The van der Waals surface area contributed by atoms with E-state index in [4.69, 9.17) is 0 Å². The molecule has 0 amide bonds. The van der Waals surface area contributed by atoms with Crippen molar-refractivity contribution in [3.63, 3.8) is 0 Å². The monoisotopic (exact) mass is 187 g/mol. The lowest BCUT2D eigenvalue weighted by Crippen LogP contribution is -2.00. The van der Waals surface area contributed by atoms with E-state index in [0.29, 0.717) is 12.1 Å². The second kappa shape index (κ2) is 3.83. The zero-order valence-electron chi connectivity index (χ0n) is 7.50. The van der Waals surface area contributed by atoms with Gasteiger partial charge >= 0.3 is 0 Å². The third kappa shape index (κ3) is 1.85. The Morgan fingerprint density at radius 1 is 1.36 bits per heavy atom. The van der Waals surface area contributed by atoms with Crippen LogP contribution in [0.4, 0.5) is 0 Å². The zero-order chi connectivity index (χ0) is 9.80. The van der Waals surface area contributed by atoms with Crippen LogP contribution in [0.3, 0.4) is 0 Å². The highest BCUT2D eigenvalue weighted by Crippen LogP contribution is 2.00. The van der Waals surface area contributed by atoms with Crippen molar-refractivity contribution in [2.45, 2.75) is 6.54 Å². The molecule has 0 atom stereocenters. The Hall–Kier alpha value is -1.97. The second-order valence-corrected chi connectivity index (χ2v) is 2.90. The van der Waals surface area contributed by atoms with Gasteiger partial charge in [0.25, 0.3) is 0 Å². The molecule has 0 aliphatic carbocycles. The number of aromatic nitrogens is 3. The van der Waals surface area contributed by atoms with Gasteiger partial charge in [0.1, 0.15) is 5.82 Å². The van der Waals surface area contributed by atoms with Crippen molar-refractivity contribution in [1.82, 2.24) is 14.5 Å². The van der Waals surface area contributed by atoms with Crippen molar-refractivity contribution in [3.05, 3.63) is 48.3 Å². The first-order chi connectivity index (χ1) is 6.88. The SMILES string of the molecule is O=Cc1ccn(Cc2ncccn2)c1. The summed E-state index contributed by atoms with van der Waals surface area (Å²) < 4.78 is 1.87. The molecule has 0 aromatic carbocycles. The molecule has 2 aromatic heterocycles. The van der Waals surface area contributed by atoms with Gasteiger partial charge in [0.2, 0.25) is 0 Å². The summed E-state index contributed by atoms with van der Waals surface area (Å²) in [5.41, 5.74) is 0.668. The molecule has 2 rings (SSSR count). The fraction of sp³-hybridized carbons (Fsp3) is 0.100. The molecule has 0 saturated carbocycles. The Balaban J connectivity index is 2.15. The molecule has 0 bridgehead atoms. The third-order valence-electron chi connectivity index (χ3n) is 1.85. The van der Waals surface area contributed by atoms with Crippen LogP contribution >= 0.6 is 0 Å². The van der Waals surface area contributed by atoms with Crippen molar-refractivity contribution in [3.8, 4) is 0 Å². The molecule has 0 radical (unpaired) electrons. The maximum absolute atomic E-state index is 10.4. The minimum atomic E-state index is 0.592. The summed E-state index contributed by atoms with van der Waals surface area (Å²) in [6.07, 6.45) is 7.82. The van der Waals surface area contributed by atoms with E-state index in [0.717, 1.165) is 12.1 Å². The first-order valence-corrected chi connectivity index (χ1v) is 4.25. The van der Waals surface area contributed by atoms with Crippen LogP contribution in [0.1, 0.15) is 16.2 Å². The van der Waals surface area contributed by atoms with Crippen LogP contribution in [0, 0.1) is 0 Å². The highest BCUT2D eigenvalue weighted by molar-refractivity contribution is 5.74. The summed E-state index contributed by atoms with van der Waals surface area (Å²) in [7, 11) is 0. The van der Waals surface area contributed by atoms with Crippen LogP contribution in [-0.2, 0) is 6.54 Å². The highest BCUT2D eigenvalue weighted by Gasteiger charge is 1.97. The van der Waals surface area contributed by atoms with Gasteiger partial charge in [-0.15, -0.1) is 0 Å². The maximum Gasteiger partial charge on any atom is 0.151 e. The van der Waals surface area contributed by atoms with Crippen molar-refractivity contribution in [1.29, 1.82) is 0 Å². The standard InChI is InChI=1S/C10H9N3O/c14-8-9-2-5-13(6-9)7-10-11-3-1-4-12-10/h1-6,8H,7H2. The lowest BCUT2D eigenvalue weighted by molar-refractivity contribution is 0.112. The van der Waals surface area contributed by atoms with Gasteiger partial charge in [0, 0.05) is 30.4 Å².